The van der Waals surface area contributed by atoms with Crippen LogP contribution in [0, 0.1) is 11.6 Å². The Morgan fingerprint density at radius 2 is 1.96 bits per heavy atom. The van der Waals surface area contributed by atoms with E-state index in [9.17, 15) is 13.6 Å². The minimum Gasteiger partial charge on any atom is -0.491 e. The number of amides is 1. The summed E-state index contributed by atoms with van der Waals surface area (Å²) >= 11 is 0. The van der Waals surface area contributed by atoms with Gasteiger partial charge in [-0.2, -0.15) is 0 Å². The molecule has 120 valence electrons. The molecule has 2 aromatic carbocycles. The van der Waals surface area contributed by atoms with Crippen molar-refractivity contribution in [3.8, 4) is 5.75 Å². The lowest BCUT2D eigenvalue weighted by Gasteiger charge is -2.09. The van der Waals surface area contributed by atoms with Crippen molar-refractivity contribution < 1.29 is 18.3 Å². The number of anilines is 1. The Hall–Kier alpha value is -2.69. The molecule has 23 heavy (non-hydrogen) atoms. The normalized spacial score (nSPS) is 11.0. The van der Waals surface area contributed by atoms with Gasteiger partial charge in [-0.3, -0.25) is 4.79 Å². The first kappa shape index (κ1) is 16.7. The lowest BCUT2D eigenvalue weighted by molar-refractivity contribution is -0.111. The zero-order chi connectivity index (χ0) is 16.8. The number of ether oxygens (including phenoxy) is 1. The Bertz CT molecular complexity index is 727. The Labute approximate surface area is 133 Å². The first-order valence-corrected chi connectivity index (χ1v) is 7.15. The zero-order valence-corrected chi connectivity index (χ0v) is 12.8. The molecule has 0 saturated carbocycles. The second-order valence-corrected chi connectivity index (χ2v) is 5.19. The van der Waals surface area contributed by atoms with E-state index in [-0.39, 0.29) is 11.8 Å². The average Bonchev–Trinajstić information content (AvgIpc) is 2.48. The standard InChI is InChI=1S/C18H17F2NO2/c1-12(2)23-15-5-3-4-13(10-15)6-9-18(22)21-17-8-7-14(19)11-16(17)20/h3-12H,1-2H3,(H,21,22)/b9-6+. The van der Waals surface area contributed by atoms with Crippen molar-refractivity contribution in [3.63, 3.8) is 0 Å². The highest BCUT2D eigenvalue weighted by Gasteiger charge is 2.06. The average molecular weight is 317 g/mol. The topological polar surface area (TPSA) is 38.3 Å². The summed E-state index contributed by atoms with van der Waals surface area (Å²) in [6.45, 7) is 3.85. The first-order chi connectivity index (χ1) is 10.9. The van der Waals surface area contributed by atoms with Crippen LogP contribution in [0.2, 0.25) is 0 Å². The van der Waals surface area contributed by atoms with Crippen LogP contribution in [0.3, 0.4) is 0 Å². The van der Waals surface area contributed by atoms with Crippen LogP contribution in [0.4, 0.5) is 14.5 Å². The van der Waals surface area contributed by atoms with Crippen molar-refractivity contribution in [1.82, 2.24) is 0 Å². The van der Waals surface area contributed by atoms with Crippen LogP contribution in [0.5, 0.6) is 5.75 Å². The molecule has 0 fully saturated rings. The summed E-state index contributed by atoms with van der Waals surface area (Å²) in [6, 6.07) is 10.2. The van der Waals surface area contributed by atoms with Gasteiger partial charge in [0.25, 0.3) is 0 Å². The van der Waals surface area contributed by atoms with Gasteiger partial charge in [-0.05, 0) is 49.8 Å². The number of hydrogen-bond acceptors (Lipinski definition) is 2. The molecule has 0 aliphatic heterocycles. The van der Waals surface area contributed by atoms with Crippen LogP contribution in [0.1, 0.15) is 19.4 Å². The highest BCUT2D eigenvalue weighted by atomic mass is 19.1. The van der Waals surface area contributed by atoms with Crippen molar-refractivity contribution in [3.05, 3.63) is 65.7 Å². The maximum atomic E-state index is 13.5. The van der Waals surface area contributed by atoms with E-state index in [0.29, 0.717) is 11.8 Å². The monoisotopic (exact) mass is 317 g/mol. The summed E-state index contributed by atoms with van der Waals surface area (Å²) in [5.74, 6) is -1.32. The summed E-state index contributed by atoms with van der Waals surface area (Å²) < 4.78 is 31.8. The van der Waals surface area contributed by atoms with Gasteiger partial charge in [0, 0.05) is 12.1 Å². The summed E-state index contributed by atoms with van der Waals surface area (Å²) in [4.78, 5) is 11.8. The molecular weight excluding hydrogens is 300 g/mol. The largest absolute Gasteiger partial charge is 0.491 e. The van der Waals surface area contributed by atoms with Crippen LogP contribution in [-0.4, -0.2) is 12.0 Å². The van der Waals surface area contributed by atoms with Gasteiger partial charge in [-0.25, -0.2) is 8.78 Å². The molecule has 2 aromatic rings. The molecule has 0 aromatic heterocycles. The van der Waals surface area contributed by atoms with E-state index in [2.05, 4.69) is 5.32 Å². The second kappa shape index (κ2) is 7.54. The second-order valence-electron chi connectivity index (χ2n) is 5.19. The van der Waals surface area contributed by atoms with E-state index in [4.69, 9.17) is 4.74 Å². The third kappa shape index (κ3) is 5.21. The van der Waals surface area contributed by atoms with Crippen LogP contribution in [0.15, 0.2) is 48.5 Å². The van der Waals surface area contributed by atoms with Crippen LogP contribution in [-0.2, 0) is 4.79 Å². The molecule has 0 aliphatic carbocycles. The number of halogens is 2. The fraction of sp³-hybridized carbons (Fsp3) is 0.167. The number of hydrogen-bond donors (Lipinski definition) is 1. The van der Waals surface area contributed by atoms with E-state index in [0.717, 1.165) is 11.6 Å². The maximum Gasteiger partial charge on any atom is 0.248 e. The quantitative estimate of drug-likeness (QED) is 0.830. The number of benzene rings is 2. The third-order valence-electron chi connectivity index (χ3n) is 2.85. The van der Waals surface area contributed by atoms with Crippen molar-refractivity contribution in [2.75, 3.05) is 5.32 Å². The van der Waals surface area contributed by atoms with Crippen LogP contribution >= 0.6 is 0 Å². The van der Waals surface area contributed by atoms with Gasteiger partial charge >= 0.3 is 0 Å². The van der Waals surface area contributed by atoms with Gasteiger partial charge in [0.15, 0.2) is 0 Å². The highest BCUT2D eigenvalue weighted by molar-refractivity contribution is 6.02. The van der Waals surface area contributed by atoms with Gasteiger partial charge in [-0.15, -0.1) is 0 Å². The van der Waals surface area contributed by atoms with E-state index in [1.807, 2.05) is 32.0 Å². The fourth-order valence-corrected chi connectivity index (χ4v) is 1.90. The predicted molar refractivity (Wildman–Crippen MR) is 86.2 cm³/mol. The predicted octanol–water partition coefficient (Wildman–Crippen LogP) is 4.40. The van der Waals surface area contributed by atoms with Crippen molar-refractivity contribution in [1.29, 1.82) is 0 Å². The molecule has 2 rings (SSSR count). The Balaban J connectivity index is 2.03. The third-order valence-corrected chi connectivity index (χ3v) is 2.85. The van der Waals surface area contributed by atoms with E-state index < -0.39 is 17.5 Å². The smallest absolute Gasteiger partial charge is 0.248 e. The molecule has 0 spiro atoms. The van der Waals surface area contributed by atoms with Crippen LogP contribution < -0.4 is 10.1 Å². The number of carbonyl (C=O) groups is 1. The van der Waals surface area contributed by atoms with Gasteiger partial charge in [-0.1, -0.05) is 12.1 Å². The molecule has 0 aliphatic rings. The lowest BCUT2D eigenvalue weighted by atomic mass is 10.2. The zero-order valence-electron chi connectivity index (χ0n) is 12.8. The van der Waals surface area contributed by atoms with Crippen molar-refractivity contribution in [2.24, 2.45) is 0 Å². The van der Waals surface area contributed by atoms with Crippen molar-refractivity contribution >= 4 is 17.7 Å². The van der Waals surface area contributed by atoms with Gasteiger partial charge in [0.05, 0.1) is 11.8 Å². The summed E-state index contributed by atoms with van der Waals surface area (Å²) in [5, 5.41) is 2.36. The van der Waals surface area contributed by atoms with E-state index in [1.54, 1.807) is 12.1 Å². The molecule has 0 atom stereocenters. The molecule has 0 radical (unpaired) electrons. The Morgan fingerprint density at radius 3 is 2.65 bits per heavy atom. The van der Waals surface area contributed by atoms with Gasteiger partial charge < -0.3 is 10.1 Å². The minimum absolute atomic E-state index is 0.0546. The summed E-state index contributed by atoms with van der Waals surface area (Å²) in [5.41, 5.74) is 0.704. The fourth-order valence-electron chi connectivity index (χ4n) is 1.90. The Morgan fingerprint density at radius 1 is 1.17 bits per heavy atom. The highest BCUT2D eigenvalue weighted by Crippen LogP contribution is 2.17. The molecule has 0 bridgehead atoms. The molecular formula is C18H17F2NO2. The van der Waals surface area contributed by atoms with Gasteiger partial charge in [0.2, 0.25) is 5.91 Å². The molecule has 1 amide bonds. The molecule has 0 saturated heterocycles. The van der Waals surface area contributed by atoms with Crippen molar-refractivity contribution in [2.45, 2.75) is 20.0 Å². The minimum atomic E-state index is -0.820. The number of nitrogens with one attached hydrogen (secondary N) is 1. The molecule has 0 heterocycles. The summed E-state index contributed by atoms with van der Waals surface area (Å²) in [7, 11) is 0. The van der Waals surface area contributed by atoms with E-state index >= 15 is 0 Å². The lowest BCUT2D eigenvalue weighted by Crippen LogP contribution is -2.09. The first-order valence-electron chi connectivity index (χ1n) is 7.15. The Kier molecular flexibility index (Phi) is 5.46. The molecule has 0 unspecified atom stereocenters. The molecule has 1 N–H and O–H groups in total. The number of carbonyl (C=O) groups excluding carboxylic acids is 1. The van der Waals surface area contributed by atoms with Gasteiger partial charge in [0.1, 0.15) is 17.4 Å². The SMILES string of the molecule is CC(C)Oc1cccc(/C=C/C(=O)Nc2ccc(F)cc2F)c1. The maximum absolute atomic E-state index is 13.5. The molecule has 3 nitrogen and oxygen atoms in total. The summed E-state index contributed by atoms with van der Waals surface area (Å²) in [6.07, 6.45) is 2.92. The van der Waals surface area contributed by atoms with E-state index in [1.165, 1.54) is 12.1 Å². The van der Waals surface area contributed by atoms with Crippen LogP contribution in [0.25, 0.3) is 6.08 Å². The number of rotatable bonds is 5. The molecule has 5 heteroatoms.